The van der Waals surface area contributed by atoms with E-state index >= 15 is 0 Å². The molecule has 0 saturated heterocycles. The van der Waals surface area contributed by atoms with Gasteiger partial charge in [0.25, 0.3) is 0 Å². The Labute approximate surface area is 194 Å². The van der Waals surface area contributed by atoms with E-state index in [2.05, 4.69) is 29.6 Å². The van der Waals surface area contributed by atoms with Crippen LogP contribution in [-0.2, 0) is 14.3 Å². The minimum Gasteiger partial charge on any atom is -0.480 e. The van der Waals surface area contributed by atoms with Crippen molar-refractivity contribution in [3.63, 3.8) is 0 Å². The molecule has 33 heavy (non-hydrogen) atoms. The topological polar surface area (TPSA) is 95.9 Å². The molecule has 2 aromatic carbocycles. The molecule has 0 radical (unpaired) electrons. The van der Waals surface area contributed by atoms with Gasteiger partial charge in [0.2, 0.25) is 5.91 Å². The second kappa shape index (κ2) is 11.0. The Morgan fingerprint density at radius 3 is 2.18 bits per heavy atom. The van der Waals surface area contributed by atoms with Crippen LogP contribution in [0.25, 0.3) is 11.1 Å². The molecule has 0 bridgehead atoms. The lowest BCUT2D eigenvalue weighted by molar-refractivity contribution is -0.148. The maximum atomic E-state index is 12.6. The zero-order valence-corrected chi connectivity index (χ0v) is 19.4. The third-order valence-corrected chi connectivity index (χ3v) is 6.32. The minimum atomic E-state index is -1.07. The van der Waals surface area contributed by atoms with E-state index in [4.69, 9.17) is 9.84 Å². The number of amides is 2. The van der Waals surface area contributed by atoms with Gasteiger partial charge in [-0.1, -0.05) is 68.3 Å². The molecule has 2 N–H and O–H groups in total. The summed E-state index contributed by atoms with van der Waals surface area (Å²) in [6.07, 6.45) is 1.82. The zero-order valence-electron chi connectivity index (χ0n) is 19.4. The average molecular weight is 453 g/mol. The van der Waals surface area contributed by atoms with E-state index in [0.29, 0.717) is 6.42 Å². The van der Waals surface area contributed by atoms with E-state index in [-0.39, 0.29) is 24.9 Å². The fourth-order valence-corrected chi connectivity index (χ4v) is 4.22. The van der Waals surface area contributed by atoms with E-state index in [1.165, 1.54) is 18.9 Å². The van der Waals surface area contributed by atoms with Crippen molar-refractivity contribution in [3.05, 3.63) is 59.7 Å². The number of rotatable bonds is 10. The van der Waals surface area contributed by atoms with Crippen LogP contribution in [0.4, 0.5) is 4.79 Å². The Bertz CT molecular complexity index is 960. The number of hydrogen-bond donors (Lipinski definition) is 2. The van der Waals surface area contributed by atoms with Gasteiger partial charge in [-0.05, 0) is 35.6 Å². The molecule has 3 rings (SSSR count). The van der Waals surface area contributed by atoms with Crippen molar-refractivity contribution in [2.45, 2.75) is 57.5 Å². The van der Waals surface area contributed by atoms with Crippen molar-refractivity contribution < 1.29 is 24.2 Å². The Morgan fingerprint density at radius 1 is 1.06 bits per heavy atom. The summed E-state index contributed by atoms with van der Waals surface area (Å²) in [6, 6.07) is 14.9. The van der Waals surface area contributed by atoms with Crippen LogP contribution in [0.2, 0.25) is 0 Å². The molecular formula is C26H32N2O5. The van der Waals surface area contributed by atoms with Crippen molar-refractivity contribution in [2.75, 3.05) is 13.7 Å². The maximum Gasteiger partial charge on any atom is 0.407 e. The molecule has 1 aliphatic rings. The highest BCUT2D eigenvalue weighted by molar-refractivity contribution is 5.84. The van der Waals surface area contributed by atoms with E-state index < -0.39 is 24.1 Å². The summed E-state index contributed by atoms with van der Waals surface area (Å²) in [5, 5.41) is 12.0. The molecule has 0 aliphatic heterocycles. The van der Waals surface area contributed by atoms with Crippen molar-refractivity contribution in [1.82, 2.24) is 10.2 Å². The molecule has 2 amide bonds. The number of likely N-dealkylation sites (N-methyl/N-ethyl adjacent to an activating group) is 1. The van der Waals surface area contributed by atoms with Crippen LogP contribution >= 0.6 is 0 Å². The number of carbonyl (C=O) groups excluding carboxylic acids is 2. The van der Waals surface area contributed by atoms with Gasteiger partial charge in [-0.2, -0.15) is 0 Å². The van der Waals surface area contributed by atoms with E-state index in [1.807, 2.05) is 31.2 Å². The summed E-state index contributed by atoms with van der Waals surface area (Å²) in [7, 11) is 1.46. The SMILES string of the molecule is CCCC[C@H](CC(=O)N(C)[C@@H](C)C(=O)O)NC(=O)OCC1c2ccccc2-c2ccccc21. The largest absolute Gasteiger partial charge is 0.480 e. The van der Waals surface area contributed by atoms with Crippen LogP contribution in [-0.4, -0.2) is 53.7 Å². The van der Waals surface area contributed by atoms with Gasteiger partial charge in [0.1, 0.15) is 12.6 Å². The standard InChI is InChI=1S/C26H32N2O5/c1-4-5-10-18(15-24(29)28(3)17(2)25(30)31)27-26(32)33-16-23-21-13-8-6-11-19(21)20-12-7-9-14-22(20)23/h6-9,11-14,17-18,23H,4-5,10,15-16H2,1-3H3,(H,27,32)(H,30,31)/t17-,18+/m0/s1. The summed E-state index contributed by atoms with van der Waals surface area (Å²) >= 11 is 0. The van der Waals surface area contributed by atoms with Crippen LogP contribution in [0, 0.1) is 0 Å². The number of nitrogens with zero attached hydrogens (tertiary/aromatic N) is 1. The van der Waals surface area contributed by atoms with Crippen molar-refractivity contribution in [3.8, 4) is 11.1 Å². The molecule has 0 unspecified atom stereocenters. The molecule has 2 aromatic rings. The first-order valence-corrected chi connectivity index (χ1v) is 11.4. The number of hydrogen-bond acceptors (Lipinski definition) is 4. The molecule has 0 fully saturated rings. The van der Waals surface area contributed by atoms with Gasteiger partial charge in [0.05, 0.1) is 0 Å². The summed E-state index contributed by atoms with van der Waals surface area (Å²) < 4.78 is 5.61. The molecule has 0 spiro atoms. The molecule has 1 aliphatic carbocycles. The molecule has 0 saturated carbocycles. The lowest BCUT2D eigenvalue weighted by atomic mass is 9.98. The summed E-state index contributed by atoms with van der Waals surface area (Å²) in [6.45, 7) is 3.69. The number of nitrogens with one attached hydrogen (secondary N) is 1. The lowest BCUT2D eigenvalue weighted by Gasteiger charge is -2.25. The van der Waals surface area contributed by atoms with Crippen molar-refractivity contribution >= 4 is 18.0 Å². The van der Waals surface area contributed by atoms with Crippen molar-refractivity contribution in [1.29, 1.82) is 0 Å². The molecule has 176 valence electrons. The highest BCUT2D eigenvalue weighted by Gasteiger charge is 2.30. The van der Waals surface area contributed by atoms with Crippen LogP contribution in [0.3, 0.4) is 0 Å². The van der Waals surface area contributed by atoms with E-state index in [0.717, 1.165) is 35.1 Å². The number of carboxylic acids is 1. The normalized spacial score (nSPS) is 14.0. The molecule has 2 atom stereocenters. The number of fused-ring (bicyclic) bond motifs is 3. The van der Waals surface area contributed by atoms with Gasteiger partial charge < -0.3 is 20.1 Å². The summed E-state index contributed by atoms with van der Waals surface area (Å²) in [5.41, 5.74) is 4.58. The summed E-state index contributed by atoms with van der Waals surface area (Å²) in [4.78, 5) is 37.6. The molecule has 7 nitrogen and oxygen atoms in total. The van der Waals surface area contributed by atoms with E-state index in [1.54, 1.807) is 0 Å². The predicted molar refractivity (Wildman–Crippen MR) is 126 cm³/mol. The number of aliphatic carboxylic acids is 1. The average Bonchev–Trinajstić information content (AvgIpc) is 3.13. The predicted octanol–water partition coefficient (Wildman–Crippen LogP) is 4.41. The van der Waals surface area contributed by atoms with Crippen LogP contribution in [0.15, 0.2) is 48.5 Å². The fraction of sp³-hybridized carbons (Fsp3) is 0.423. The number of unbranched alkanes of at least 4 members (excludes halogenated alkanes) is 1. The number of ether oxygens (including phenoxy) is 1. The Morgan fingerprint density at radius 2 is 1.64 bits per heavy atom. The number of carbonyl (C=O) groups is 3. The second-order valence-electron chi connectivity index (χ2n) is 8.53. The van der Waals surface area contributed by atoms with Crippen molar-refractivity contribution in [2.24, 2.45) is 0 Å². The van der Waals surface area contributed by atoms with Crippen LogP contribution < -0.4 is 5.32 Å². The van der Waals surface area contributed by atoms with Gasteiger partial charge in [-0.25, -0.2) is 9.59 Å². The number of benzene rings is 2. The first kappa shape index (κ1) is 24.3. The lowest BCUT2D eigenvalue weighted by Crippen LogP contribution is -2.44. The number of alkyl carbamates (subject to hydrolysis) is 1. The third-order valence-electron chi connectivity index (χ3n) is 6.32. The highest BCUT2D eigenvalue weighted by Crippen LogP contribution is 2.44. The second-order valence-corrected chi connectivity index (χ2v) is 8.53. The van der Waals surface area contributed by atoms with Gasteiger partial charge in [0.15, 0.2) is 0 Å². The summed E-state index contributed by atoms with van der Waals surface area (Å²) in [5.74, 6) is -1.44. The van der Waals surface area contributed by atoms with Gasteiger partial charge in [-0.3, -0.25) is 4.79 Å². The van der Waals surface area contributed by atoms with Crippen LogP contribution in [0.1, 0.15) is 56.6 Å². The molecule has 0 aromatic heterocycles. The Balaban J connectivity index is 1.63. The highest BCUT2D eigenvalue weighted by atomic mass is 16.5. The smallest absolute Gasteiger partial charge is 0.407 e. The zero-order chi connectivity index (χ0) is 24.0. The van der Waals surface area contributed by atoms with Gasteiger partial charge in [0, 0.05) is 25.4 Å². The first-order chi connectivity index (χ1) is 15.8. The fourth-order valence-electron chi connectivity index (χ4n) is 4.22. The quantitative estimate of drug-likeness (QED) is 0.557. The number of carboxylic acid groups (broad SMARTS) is 1. The van der Waals surface area contributed by atoms with E-state index in [9.17, 15) is 14.4 Å². The Kier molecular flexibility index (Phi) is 8.09. The monoisotopic (exact) mass is 452 g/mol. The van der Waals surface area contributed by atoms with Crippen LogP contribution in [0.5, 0.6) is 0 Å². The van der Waals surface area contributed by atoms with Gasteiger partial charge >= 0.3 is 12.1 Å². The Hall–Kier alpha value is -3.35. The minimum absolute atomic E-state index is 0.0261. The van der Waals surface area contributed by atoms with Gasteiger partial charge in [-0.15, -0.1) is 0 Å². The first-order valence-electron chi connectivity index (χ1n) is 11.4. The molecular weight excluding hydrogens is 420 g/mol. The third kappa shape index (κ3) is 5.72. The molecule has 7 heteroatoms. The molecule has 0 heterocycles. The maximum absolute atomic E-state index is 12.6.